The lowest BCUT2D eigenvalue weighted by Crippen LogP contribution is -2.48. The molecular weight excluding hydrogens is 532 g/mol. The van der Waals surface area contributed by atoms with Gasteiger partial charge in [0.25, 0.3) is 0 Å². The van der Waals surface area contributed by atoms with E-state index in [-0.39, 0.29) is 24.9 Å². The monoisotopic (exact) mass is 565 g/mol. The van der Waals surface area contributed by atoms with Crippen LogP contribution >= 0.6 is 12.4 Å². The maximum atomic E-state index is 14.0. The molecule has 0 N–H and O–H groups in total. The standard InChI is InChI=1S/C28H33F2N3O5.ClH/c1-20(35)37-28(22-8-5-4-6-9-22)12-16-31(17-13-28)14-7-15-32(19-34)33-25(27(2,3)38-26(33)36)21-10-11-23(29)24(30)18-21;/h4-6,8-11,18-19,25H,7,12-17H2,1-3H3;1H. The number of hydrogen-bond acceptors (Lipinski definition) is 6. The van der Waals surface area contributed by atoms with Crippen molar-refractivity contribution in [3.63, 3.8) is 0 Å². The van der Waals surface area contributed by atoms with Crippen molar-refractivity contribution in [1.82, 2.24) is 14.9 Å². The Balaban J connectivity index is 0.00000420. The molecule has 0 aliphatic carbocycles. The van der Waals surface area contributed by atoms with E-state index >= 15 is 0 Å². The average Bonchev–Trinajstić information content (AvgIpc) is 3.12. The molecule has 2 aliphatic rings. The smallest absolute Gasteiger partial charge is 0.430 e. The number of cyclic esters (lactones) is 1. The Bertz CT molecular complexity index is 1180. The molecule has 8 nitrogen and oxygen atoms in total. The summed E-state index contributed by atoms with van der Waals surface area (Å²) in [4.78, 5) is 38.9. The Morgan fingerprint density at radius 3 is 2.38 bits per heavy atom. The Morgan fingerprint density at radius 2 is 1.79 bits per heavy atom. The van der Waals surface area contributed by atoms with Crippen molar-refractivity contribution < 1.29 is 32.6 Å². The predicted molar refractivity (Wildman–Crippen MR) is 142 cm³/mol. The van der Waals surface area contributed by atoms with E-state index in [0.29, 0.717) is 50.9 Å². The highest BCUT2D eigenvalue weighted by Gasteiger charge is 2.51. The van der Waals surface area contributed by atoms with E-state index in [1.165, 1.54) is 23.0 Å². The Morgan fingerprint density at radius 1 is 1.13 bits per heavy atom. The van der Waals surface area contributed by atoms with Gasteiger partial charge in [-0.1, -0.05) is 36.4 Å². The number of esters is 1. The van der Waals surface area contributed by atoms with Gasteiger partial charge in [-0.2, -0.15) is 0 Å². The number of benzene rings is 2. The number of rotatable bonds is 9. The number of carbonyl (C=O) groups is 3. The third-order valence-corrected chi connectivity index (χ3v) is 7.26. The van der Waals surface area contributed by atoms with Crippen LogP contribution in [0.3, 0.4) is 0 Å². The van der Waals surface area contributed by atoms with E-state index in [0.717, 1.165) is 17.7 Å². The molecule has 2 aliphatic heterocycles. The number of amides is 2. The molecule has 2 heterocycles. The summed E-state index contributed by atoms with van der Waals surface area (Å²) >= 11 is 0. The van der Waals surface area contributed by atoms with Gasteiger partial charge in [0.15, 0.2) is 11.6 Å². The number of piperidine rings is 1. The van der Waals surface area contributed by atoms with Crippen LogP contribution in [-0.4, -0.2) is 65.2 Å². The number of hydrogen-bond donors (Lipinski definition) is 0. The lowest BCUT2D eigenvalue weighted by Gasteiger charge is -2.41. The molecule has 4 rings (SSSR count). The molecule has 1 atom stereocenters. The van der Waals surface area contributed by atoms with Crippen LogP contribution in [0, 0.1) is 11.6 Å². The normalized spacial score (nSPS) is 20.1. The molecule has 0 bridgehead atoms. The molecule has 2 saturated heterocycles. The van der Waals surface area contributed by atoms with Gasteiger partial charge in [-0.05, 0) is 50.1 Å². The van der Waals surface area contributed by atoms with Crippen molar-refractivity contribution in [2.75, 3.05) is 26.2 Å². The van der Waals surface area contributed by atoms with E-state index in [4.69, 9.17) is 9.47 Å². The highest BCUT2D eigenvalue weighted by molar-refractivity contribution is 5.85. The van der Waals surface area contributed by atoms with Gasteiger partial charge < -0.3 is 14.4 Å². The molecule has 0 saturated carbocycles. The topological polar surface area (TPSA) is 79.4 Å². The minimum Gasteiger partial charge on any atom is -0.454 e. The number of hydrazine groups is 1. The second-order valence-corrected chi connectivity index (χ2v) is 10.3. The minimum absolute atomic E-state index is 0. The second kappa shape index (κ2) is 12.3. The van der Waals surface area contributed by atoms with Crippen LogP contribution in [0.2, 0.25) is 0 Å². The summed E-state index contributed by atoms with van der Waals surface area (Å²) in [6, 6.07) is 12.3. The molecule has 11 heteroatoms. The highest BCUT2D eigenvalue weighted by atomic mass is 35.5. The van der Waals surface area contributed by atoms with Gasteiger partial charge in [-0.15, -0.1) is 12.4 Å². The van der Waals surface area contributed by atoms with Gasteiger partial charge in [-0.3, -0.25) is 14.6 Å². The number of halogens is 3. The highest BCUT2D eigenvalue weighted by Crippen LogP contribution is 2.42. The Labute approximate surface area is 233 Å². The minimum atomic E-state index is -1.08. The predicted octanol–water partition coefficient (Wildman–Crippen LogP) is 4.98. The van der Waals surface area contributed by atoms with Crippen LogP contribution in [0.4, 0.5) is 13.6 Å². The van der Waals surface area contributed by atoms with Gasteiger partial charge in [0.2, 0.25) is 6.41 Å². The molecule has 2 fully saturated rings. The van der Waals surface area contributed by atoms with Crippen LogP contribution in [0.15, 0.2) is 48.5 Å². The van der Waals surface area contributed by atoms with E-state index in [1.54, 1.807) is 13.8 Å². The van der Waals surface area contributed by atoms with E-state index in [9.17, 15) is 23.2 Å². The fourth-order valence-corrected chi connectivity index (χ4v) is 5.48. The fraction of sp³-hybridized carbons (Fsp3) is 0.464. The van der Waals surface area contributed by atoms with E-state index in [2.05, 4.69) is 4.90 Å². The van der Waals surface area contributed by atoms with Crippen molar-refractivity contribution in [2.24, 2.45) is 0 Å². The quantitative estimate of drug-likeness (QED) is 0.315. The van der Waals surface area contributed by atoms with Crippen molar-refractivity contribution in [3.8, 4) is 0 Å². The number of nitrogens with zero attached hydrogens (tertiary/aromatic N) is 3. The summed E-state index contributed by atoms with van der Waals surface area (Å²) in [7, 11) is 0. The first-order valence-corrected chi connectivity index (χ1v) is 12.7. The Kier molecular flexibility index (Phi) is 9.55. The first-order chi connectivity index (χ1) is 18.1. The molecule has 1 unspecified atom stereocenters. The van der Waals surface area contributed by atoms with E-state index in [1.807, 2.05) is 30.3 Å². The summed E-state index contributed by atoms with van der Waals surface area (Å²) in [6.45, 7) is 7.00. The largest absolute Gasteiger partial charge is 0.454 e. The third-order valence-electron chi connectivity index (χ3n) is 7.26. The average molecular weight is 566 g/mol. The van der Waals surface area contributed by atoms with Gasteiger partial charge in [0.05, 0.1) is 0 Å². The molecule has 2 aromatic carbocycles. The summed E-state index contributed by atoms with van der Waals surface area (Å²) in [5.41, 5.74) is -0.445. The SMILES string of the molecule is CC(=O)OC1(c2ccccc2)CCN(CCCN(C=O)N2C(=O)OC(C)(C)C2c2ccc(F)c(F)c2)CC1.Cl. The lowest BCUT2D eigenvalue weighted by molar-refractivity contribution is -0.164. The molecule has 2 aromatic rings. The second-order valence-electron chi connectivity index (χ2n) is 10.3. The van der Waals surface area contributed by atoms with E-state index < -0.39 is 35.0 Å². The number of ether oxygens (including phenoxy) is 2. The Hall–Kier alpha value is -3.24. The van der Waals surface area contributed by atoms with Crippen LogP contribution in [0.5, 0.6) is 0 Å². The number of likely N-dealkylation sites (tertiary alicyclic amines) is 1. The zero-order chi connectivity index (χ0) is 27.5. The van der Waals surface area contributed by atoms with Gasteiger partial charge in [-0.25, -0.2) is 18.6 Å². The van der Waals surface area contributed by atoms with Crippen LogP contribution in [0.25, 0.3) is 0 Å². The zero-order valence-corrected chi connectivity index (χ0v) is 23.1. The maximum absolute atomic E-state index is 14.0. The third kappa shape index (κ3) is 6.50. The van der Waals surface area contributed by atoms with Gasteiger partial charge in [0, 0.05) is 39.4 Å². The fourth-order valence-electron chi connectivity index (χ4n) is 5.48. The van der Waals surface area contributed by atoms with Crippen molar-refractivity contribution >= 4 is 30.9 Å². The molecular formula is C28H34ClF2N3O5. The lowest BCUT2D eigenvalue weighted by atomic mass is 9.84. The summed E-state index contributed by atoms with van der Waals surface area (Å²) in [5, 5.41) is 2.41. The van der Waals surface area contributed by atoms with Crippen molar-refractivity contribution in [3.05, 3.63) is 71.3 Å². The first kappa shape index (κ1) is 30.3. The van der Waals surface area contributed by atoms with Crippen LogP contribution in [0.1, 0.15) is 57.2 Å². The molecule has 39 heavy (non-hydrogen) atoms. The van der Waals surface area contributed by atoms with Crippen molar-refractivity contribution in [1.29, 1.82) is 0 Å². The zero-order valence-electron chi connectivity index (χ0n) is 22.3. The first-order valence-electron chi connectivity index (χ1n) is 12.7. The molecule has 0 aromatic heterocycles. The maximum Gasteiger partial charge on any atom is 0.430 e. The molecule has 212 valence electrons. The number of carbonyl (C=O) groups excluding carboxylic acids is 3. The van der Waals surface area contributed by atoms with Crippen molar-refractivity contribution in [2.45, 2.75) is 57.3 Å². The summed E-state index contributed by atoms with van der Waals surface area (Å²) in [5.74, 6) is -2.36. The molecule has 0 radical (unpaired) electrons. The van der Waals surface area contributed by atoms with Gasteiger partial charge in [0.1, 0.15) is 17.2 Å². The summed E-state index contributed by atoms with van der Waals surface area (Å²) in [6.07, 6.45) is 1.65. The van der Waals surface area contributed by atoms with Crippen LogP contribution in [-0.2, 0) is 24.7 Å². The van der Waals surface area contributed by atoms with Crippen LogP contribution < -0.4 is 0 Å². The molecule has 0 spiro atoms. The summed E-state index contributed by atoms with van der Waals surface area (Å²) < 4.78 is 38.8. The van der Waals surface area contributed by atoms with Gasteiger partial charge >= 0.3 is 12.1 Å². The molecule has 2 amide bonds.